The minimum atomic E-state index is -0.639. The average Bonchev–Trinajstić information content (AvgIpc) is 3.43. The van der Waals surface area contributed by atoms with Crippen LogP contribution in [0.5, 0.6) is 0 Å². The summed E-state index contributed by atoms with van der Waals surface area (Å²) in [5.74, 6) is 0.0390. The van der Waals surface area contributed by atoms with Crippen LogP contribution < -0.4 is 10.6 Å². The van der Waals surface area contributed by atoms with Gasteiger partial charge in [-0.2, -0.15) is 0 Å². The summed E-state index contributed by atoms with van der Waals surface area (Å²) in [5, 5.41) is 5.90. The number of carbonyl (C=O) groups excluding carboxylic acids is 3. The summed E-state index contributed by atoms with van der Waals surface area (Å²) >= 11 is 0. The van der Waals surface area contributed by atoms with Crippen LogP contribution in [0.25, 0.3) is 11.3 Å². The van der Waals surface area contributed by atoms with E-state index >= 15 is 0 Å². The van der Waals surface area contributed by atoms with E-state index in [9.17, 15) is 14.4 Å². The number of hydrogen-bond acceptors (Lipinski definition) is 4. The van der Waals surface area contributed by atoms with Crippen molar-refractivity contribution in [2.75, 3.05) is 11.9 Å². The van der Waals surface area contributed by atoms with Crippen LogP contribution in [0.4, 0.5) is 5.69 Å². The predicted octanol–water partition coefficient (Wildman–Crippen LogP) is 2.64. The molecule has 0 aliphatic carbocycles. The van der Waals surface area contributed by atoms with Crippen molar-refractivity contribution in [2.24, 2.45) is 7.05 Å². The summed E-state index contributed by atoms with van der Waals surface area (Å²) in [6.45, 7) is 0.388. The molecule has 2 aliphatic heterocycles. The third-order valence-corrected chi connectivity index (χ3v) is 5.99. The standard InChI is InChI=1S/C23H22N4O4/c1-26-9-2-4-18(26)21(28)24-15-8-10-27-19(13-15)22(29)25-17-7-6-14(12-16(17)23(27)30)20-5-3-11-31-20/h2-7,9,11-12,15,19H,8,10,13H2,1H3,(H,24,28)(H,25,29)/t15-,19-/m0/s1. The number of hydrogen-bond donors (Lipinski definition) is 2. The van der Waals surface area contributed by atoms with Crippen molar-refractivity contribution in [3.05, 3.63) is 66.2 Å². The smallest absolute Gasteiger partial charge is 0.268 e. The van der Waals surface area contributed by atoms with E-state index in [-0.39, 0.29) is 23.8 Å². The second kappa shape index (κ2) is 7.46. The van der Waals surface area contributed by atoms with Crippen LogP contribution in [0.3, 0.4) is 0 Å². The number of amides is 3. The molecule has 1 aromatic carbocycles. The van der Waals surface area contributed by atoms with Crippen LogP contribution in [-0.4, -0.2) is 45.8 Å². The van der Waals surface area contributed by atoms with Gasteiger partial charge in [-0.15, -0.1) is 0 Å². The molecule has 1 fully saturated rings. The van der Waals surface area contributed by atoms with Crippen molar-refractivity contribution in [3.63, 3.8) is 0 Å². The molecule has 31 heavy (non-hydrogen) atoms. The predicted molar refractivity (Wildman–Crippen MR) is 113 cm³/mol. The van der Waals surface area contributed by atoms with Crippen molar-refractivity contribution in [1.82, 2.24) is 14.8 Å². The van der Waals surface area contributed by atoms with Crippen LogP contribution in [-0.2, 0) is 11.8 Å². The van der Waals surface area contributed by atoms with E-state index in [0.717, 1.165) is 5.56 Å². The molecule has 2 atom stereocenters. The Bertz CT molecular complexity index is 1160. The van der Waals surface area contributed by atoms with E-state index in [1.807, 2.05) is 31.4 Å². The second-order valence-electron chi connectivity index (χ2n) is 7.94. The number of benzene rings is 1. The molecule has 4 heterocycles. The van der Waals surface area contributed by atoms with E-state index < -0.39 is 6.04 Å². The number of nitrogens with zero attached hydrogens (tertiary/aromatic N) is 2. The molecule has 0 bridgehead atoms. The lowest BCUT2D eigenvalue weighted by Gasteiger charge is -2.37. The molecule has 1 saturated heterocycles. The van der Waals surface area contributed by atoms with Gasteiger partial charge in [0.15, 0.2) is 0 Å². The minimum absolute atomic E-state index is 0.183. The summed E-state index contributed by atoms with van der Waals surface area (Å²) in [6, 6.07) is 11.6. The van der Waals surface area contributed by atoms with Gasteiger partial charge in [0.05, 0.1) is 17.5 Å². The van der Waals surface area contributed by atoms with Crippen LogP contribution in [0.2, 0.25) is 0 Å². The lowest BCUT2D eigenvalue weighted by Crippen LogP contribution is -2.55. The molecule has 5 rings (SSSR count). The first-order valence-corrected chi connectivity index (χ1v) is 10.2. The highest BCUT2D eigenvalue weighted by Gasteiger charge is 2.40. The fourth-order valence-electron chi connectivity index (χ4n) is 4.34. The molecule has 2 aliphatic rings. The third-order valence-electron chi connectivity index (χ3n) is 5.99. The van der Waals surface area contributed by atoms with E-state index in [0.29, 0.717) is 42.1 Å². The number of aryl methyl sites for hydroxylation is 1. The van der Waals surface area contributed by atoms with E-state index in [1.165, 1.54) is 0 Å². The van der Waals surface area contributed by atoms with Crippen molar-refractivity contribution in [1.29, 1.82) is 0 Å². The maximum atomic E-state index is 13.3. The molecule has 0 saturated carbocycles. The van der Waals surface area contributed by atoms with Gasteiger partial charge in [0.2, 0.25) is 5.91 Å². The van der Waals surface area contributed by atoms with Gasteiger partial charge in [0.25, 0.3) is 11.8 Å². The second-order valence-corrected chi connectivity index (χ2v) is 7.94. The number of piperidine rings is 1. The maximum absolute atomic E-state index is 13.3. The lowest BCUT2D eigenvalue weighted by molar-refractivity contribution is -0.121. The molecule has 2 aromatic heterocycles. The van der Waals surface area contributed by atoms with Crippen LogP contribution >= 0.6 is 0 Å². The number of rotatable bonds is 3. The first-order chi connectivity index (χ1) is 15.0. The third kappa shape index (κ3) is 3.39. The molecule has 0 spiro atoms. The number of aromatic nitrogens is 1. The van der Waals surface area contributed by atoms with E-state index in [1.54, 1.807) is 40.0 Å². The normalized spacial score (nSPS) is 20.5. The van der Waals surface area contributed by atoms with Gasteiger partial charge in [0, 0.05) is 31.4 Å². The summed E-state index contributed by atoms with van der Waals surface area (Å²) in [5.41, 5.74) is 2.26. The zero-order valence-corrected chi connectivity index (χ0v) is 17.0. The van der Waals surface area contributed by atoms with Gasteiger partial charge in [-0.05, 0) is 55.3 Å². The van der Waals surface area contributed by atoms with Crippen molar-refractivity contribution >= 4 is 23.4 Å². The highest BCUT2D eigenvalue weighted by Crippen LogP contribution is 2.32. The van der Waals surface area contributed by atoms with Crippen LogP contribution in [0.1, 0.15) is 33.7 Å². The Kier molecular flexibility index (Phi) is 4.62. The topological polar surface area (TPSA) is 96.6 Å². The SMILES string of the molecule is Cn1cccc1C(=O)N[C@H]1CCN2C(=O)c3cc(-c4ccco4)ccc3NC(=O)[C@@H]2C1. The number of furan rings is 1. The maximum Gasteiger partial charge on any atom is 0.268 e. The van der Waals surface area contributed by atoms with Gasteiger partial charge in [0.1, 0.15) is 17.5 Å². The summed E-state index contributed by atoms with van der Waals surface area (Å²) < 4.78 is 7.19. The average molecular weight is 418 g/mol. The first kappa shape index (κ1) is 19.2. The molecule has 0 radical (unpaired) electrons. The Morgan fingerprint density at radius 2 is 2.06 bits per heavy atom. The lowest BCUT2D eigenvalue weighted by atomic mass is 9.96. The first-order valence-electron chi connectivity index (χ1n) is 10.2. The number of nitrogens with one attached hydrogen (secondary N) is 2. The summed E-state index contributed by atoms with van der Waals surface area (Å²) in [4.78, 5) is 40.4. The fraction of sp³-hybridized carbons (Fsp3) is 0.261. The zero-order valence-electron chi connectivity index (χ0n) is 17.0. The Hall–Kier alpha value is -3.81. The van der Waals surface area contributed by atoms with Gasteiger partial charge in [-0.1, -0.05) is 0 Å². The van der Waals surface area contributed by atoms with Gasteiger partial charge < -0.3 is 24.5 Å². The zero-order chi connectivity index (χ0) is 21.5. The Morgan fingerprint density at radius 1 is 1.19 bits per heavy atom. The number of anilines is 1. The Labute approximate surface area is 178 Å². The Morgan fingerprint density at radius 3 is 2.81 bits per heavy atom. The van der Waals surface area contributed by atoms with Gasteiger partial charge >= 0.3 is 0 Å². The largest absolute Gasteiger partial charge is 0.464 e. The minimum Gasteiger partial charge on any atom is -0.464 e. The van der Waals surface area contributed by atoms with Gasteiger partial charge in [-0.25, -0.2) is 0 Å². The van der Waals surface area contributed by atoms with Crippen molar-refractivity contribution in [2.45, 2.75) is 24.9 Å². The quantitative estimate of drug-likeness (QED) is 0.683. The highest BCUT2D eigenvalue weighted by molar-refractivity contribution is 6.10. The van der Waals surface area contributed by atoms with Crippen LogP contribution in [0, 0.1) is 0 Å². The molecule has 2 N–H and O–H groups in total. The van der Waals surface area contributed by atoms with Crippen molar-refractivity contribution < 1.29 is 18.8 Å². The molecule has 8 nitrogen and oxygen atoms in total. The van der Waals surface area contributed by atoms with Crippen LogP contribution in [0.15, 0.2) is 59.3 Å². The molecular weight excluding hydrogens is 396 g/mol. The number of fused-ring (bicyclic) bond motifs is 2. The highest BCUT2D eigenvalue weighted by atomic mass is 16.3. The number of carbonyl (C=O) groups is 3. The summed E-state index contributed by atoms with van der Waals surface area (Å²) in [6.07, 6.45) is 4.34. The van der Waals surface area contributed by atoms with Crippen molar-refractivity contribution in [3.8, 4) is 11.3 Å². The van der Waals surface area contributed by atoms with E-state index in [4.69, 9.17) is 4.42 Å². The molecule has 8 heteroatoms. The van der Waals surface area contributed by atoms with E-state index in [2.05, 4.69) is 10.6 Å². The molecular formula is C23H22N4O4. The molecule has 158 valence electrons. The fourth-order valence-corrected chi connectivity index (χ4v) is 4.34. The van der Waals surface area contributed by atoms with Gasteiger partial charge in [-0.3, -0.25) is 14.4 Å². The Balaban J connectivity index is 1.37. The molecule has 3 amide bonds. The molecule has 3 aromatic rings. The molecule has 0 unspecified atom stereocenters. The monoisotopic (exact) mass is 418 g/mol. The summed E-state index contributed by atoms with van der Waals surface area (Å²) in [7, 11) is 1.81.